The average molecular weight is 259 g/mol. The predicted octanol–water partition coefficient (Wildman–Crippen LogP) is 4.58. The average Bonchev–Trinajstić information content (AvgIpc) is 2.83. The number of unbranched alkanes of at least 4 members (excludes halogenated alkanes) is 5. The molecule has 1 nitrogen and oxygen atoms in total. The van der Waals surface area contributed by atoms with Crippen LogP contribution in [0.1, 0.15) is 69.4 Å². The van der Waals surface area contributed by atoms with E-state index in [0.29, 0.717) is 5.41 Å². The van der Waals surface area contributed by atoms with Crippen LogP contribution in [0, 0.1) is 0 Å². The molecule has 0 saturated heterocycles. The fourth-order valence-electron chi connectivity index (χ4n) is 3.58. The molecule has 1 atom stereocenters. The molecule has 1 unspecified atom stereocenters. The first-order chi connectivity index (χ1) is 9.32. The molecule has 1 heteroatoms. The molecule has 0 spiro atoms. The minimum absolute atomic E-state index is 0.293. The normalized spacial score (nSPS) is 21.6. The Balaban J connectivity index is 1.87. The van der Waals surface area contributed by atoms with Crippen LogP contribution in [-0.2, 0) is 11.8 Å². The van der Waals surface area contributed by atoms with Crippen molar-refractivity contribution in [3.63, 3.8) is 0 Å². The Morgan fingerprint density at radius 3 is 2.58 bits per heavy atom. The zero-order valence-corrected chi connectivity index (χ0v) is 12.5. The molecule has 1 aliphatic rings. The fraction of sp³-hybridized carbons (Fsp3) is 0.667. The molecule has 2 N–H and O–H groups in total. The van der Waals surface area contributed by atoms with Crippen molar-refractivity contribution >= 4 is 0 Å². The number of rotatable bonds is 8. The maximum atomic E-state index is 6.15. The van der Waals surface area contributed by atoms with Crippen LogP contribution in [0.5, 0.6) is 0 Å². The van der Waals surface area contributed by atoms with Crippen molar-refractivity contribution in [2.24, 2.45) is 5.73 Å². The number of nitrogens with two attached hydrogens (primary N) is 1. The fourth-order valence-corrected chi connectivity index (χ4v) is 3.58. The molecule has 1 aromatic rings. The van der Waals surface area contributed by atoms with Crippen LogP contribution in [0.15, 0.2) is 24.3 Å². The van der Waals surface area contributed by atoms with Crippen LogP contribution in [0.25, 0.3) is 0 Å². The molecule has 0 heterocycles. The maximum Gasteiger partial charge on any atom is 0.00814 e. The first-order valence-electron chi connectivity index (χ1n) is 8.11. The van der Waals surface area contributed by atoms with E-state index in [-0.39, 0.29) is 0 Å². The zero-order chi connectivity index (χ0) is 13.6. The van der Waals surface area contributed by atoms with Gasteiger partial charge < -0.3 is 5.73 Å². The van der Waals surface area contributed by atoms with Gasteiger partial charge >= 0.3 is 0 Å². The van der Waals surface area contributed by atoms with Gasteiger partial charge in [0, 0.05) is 12.0 Å². The first kappa shape index (κ1) is 14.6. The topological polar surface area (TPSA) is 26.0 Å². The molecule has 106 valence electrons. The van der Waals surface area contributed by atoms with E-state index >= 15 is 0 Å². The summed E-state index contributed by atoms with van der Waals surface area (Å²) < 4.78 is 0. The summed E-state index contributed by atoms with van der Waals surface area (Å²) in [6.45, 7) is 3.10. The summed E-state index contributed by atoms with van der Waals surface area (Å²) in [4.78, 5) is 0. The quantitative estimate of drug-likeness (QED) is 0.679. The molecule has 0 radical (unpaired) electrons. The second kappa shape index (κ2) is 7.09. The van der Waals surface area contributed by atoms with Crippen LogP contribution < -0.4 is 5.73 Å². The van der Waals surface area contributed by atoms with E-state index in [4.69, 9.17) is 5.73 Å². The van der Waals surface area contributed by atoms with Gasteiger partial charge in [-0.3, -0.25) is 0 Å². The highest BCUT2D eigenvalue weighted by atomic mass is 14.6. The Hall–Kier alpha value is -0.820. The number of fused-ring (bicyclic) bond motifs is 1. The maximum absolute atomic E-state index is 6.15. The van der Waals surface area contributed by atoms with E-state index in [1.165, 1.54) is 57.8 Å². The molecule has 0 fully saturated rings. The minimum atomic E-state index is 0.293. The molecule has 1 aliphatic carbocycles. The Kier molecular flexibility index (Phi) is 5.45. The van der Waals surface area contributed by atoms with E-state index in [1.807, 2.05) is 0 Å². The lowest BCUT2D eigenvalue weighted by molar-refractivity contribution is 0.380. The third-order valence-corrected chi connectivity index (χ3v) is 4.86. The van der Waals surface area contributed by atoms with Crippen molar-refractivity contribution in [3.05, 3.63) is 35.4 Å². The van der Waals surface area contributed by atoms with Crippen LogP contribution in [-0.4, -0.2) is 6.54 Å². The highest BCUT2D eigenvalue weighted by Crippen LogP contribution is 2.41. The van der Waals surface area contributed by atoms with Crippen LogP contribution in [0.3, 0.4) is 0 Å². The van der Waals surface area contributed by atoms with Gasteiger partial charge in [0.05, 0.1) is 0 Å². The Bertz CT molecular complexity index is 385. The smallest absolute Gasteiger partial charge is 0.00814 e. The van der Waals surface area contributed by atoms with Crippen molar-refractivity contribution < 1.29 is 0 Å². The molecule has 19 heavy (non-hydrogen) atoms. The monoisotopic (exact) mass is 259 g/mol. The van der Waals surface area contributed by atoms with Crippen molar-refractivity contribution in [2.75, 3.05) is 6.54 Å². The number of hydrogen-bond donors (Lipinski definition) is 1. The Labute approximate surface area is 118 Å². The summed E-state index contributed by atoms with van der Waals surface area (Å²) in [5, 5.41) is 0. The standard InChI is InChI=1S/C18H29N/c1-2-3-4-5-6-9-13-18(15-19)14-12-16-10-7-8-11-17(16)18/h7-8,10-11H,2-6,9,12-15,19H2,1H3. The van der Waals surface area contributed by atoms with Gasteiger partial charge in [-0.1, -0.05) is 69.7 Å². The van der Waals surface area contributed by atoms with Gasteiger partial charge in [-0.25, -0.2) is 0 Å². The van der Waals surface area contributed by atoms with Crippen molar-refractivity contribution in [1.29, 1.82) is 0 Å². The Morgan fingerprint density at radius 2 is 1.79 bits per heavy atom. The molecule has 0 aromatic heterocycles. The third kappa shape index (κ3) is 3.39. The lowest BCUT2D eigenvalue weighted by Gasteiger charge is -2.29. The lowest BCUT2D eigenvalue weighted by Crippen LogP contribution is -2.32. The van der Waals surface area contributed by atoms with E-state index in [2.05, 4.69) is 31.2 Å². The second-order valence-corrected chi connectivity index (χ2v) is 6.16. The van der Waals surface area contributed by atoms with Gasteiger partial charge in [0.2, 0.25) is 0 Å². The summed E-state index contributed by atoms with van der Waals surface area (Å²) in [5.74, 6) is 0. The summed E-state index contributed by atoms with van der Waals surface area (Å²) in [5.41, 5.74) is 9.53. The van der Waals surface area contributed by atoms with Gasteiger partial charge in [0.1, 0.15) is 0 Å². The molecule has 0 bridgehead atoms. The van der Waals surface area contributed by atoms with Crippen molar-refractivity contribution in [3.8, 4) is 0 Å². The van der Waals surface area contributed by atoms with E-state index < -0.39 is 0 Å². The molecule has 0 amide bonds. The SMILES string of the molecule is CCCCCCCCC1(CN)CCc2ccccc21. The number of hydrogen-bond acceptors (Lipinski definition) is 1. The third-order valence-electron chi connectivity index (χ3n) is 4.86. The highest BCUT2D eigenvalue weighted by Gasteiger charge is 2.36. The van der Waals surface area contributed by atoms with Crippen LogP contribution >= 0.6 is 0 Å². The van der Waals surface area contributed by atoms with Gasteiger partial charge in [-0.15, -0.1) is 0 Å². The van der Waals surface area contributed by atoms with Gasteiger partial charge in [-0.2, -0.15) is 0 Å². The van der Waals surface area contributed by atoms with Gasteiger partial charge in [0.25, 0.3) is 0 Å². The van der Waals surface area contributed by atoms with Crippen molar-refractivity contribution in [2.45, 2.75) is 70.1 Å². The molecular weight excluding hydrogens is 230 g/mol. The number of aryl methyl sites for hydroxylation is 1. The Morgan fingerprint density at radius 1 is 1.05 bits per heavy atom. The first-order valence-corrected chi connectivity index (χ1v) is 8.11. The largest absolute Gasteiger partial charge is 0.330 e. The van der Waals surface area contributed by atoms with Gasteiger partial charge in [-0.05, 0) is 30.4 Å². The van der Waals surface area contributed by atoms with E-state index in [1.54, 1.807) is 11.1 Å². The van der Waals surface area contributed by atoms with E-state index in [0.717, 1.165) is 6.54 Å². The highest BCUT2D eigenvalue weighted by molar-refractivity contribution is 5.39. The van der Waals surface area contributed by atoms with E-state index in [9.17, 15) is 0 Å². The molecule has 0 saturated carbocycles. The summed E-state index contributed by atoms with van der Waals surface area (Å²) in [6.07, 6.45) is 12.0. The summed E-state index contributed by atoms with van der Waals surface area (Å²) in [6, 6.07) is 8.94. The predicted molar refractivity (Wildman–Crippen MR) is 83.5 cm³/mol. The molecule has 1 aromatic carbocycles. The second-order valence-electron chi connectivity index (χ2n) is 6.16. The summed E-state index contributed by atoms with van der Waals surface area (Å²) >= 11 is 0. The molecule has 2 rings (SSSR count). The van der Waals surface area contributed by atoms with Gasteiger partial charge in [0.15, 0.2) is 0 Å². The van der Waals surface area contributed by atoms with Crippen LogP contribution in [0.4, 0.5) is 0 Å². The number of benzene rings is 1. The summed E-state index contributed by atoms with van der Waals surface area (Å²) in [7, 11) is 0. The molecule has 0 aliphatic heterocycles. The zero-order valence-electron chi connectivity index (χ0n) is 12.5. The minimum Gasteiger partial charge on any atom is -0.330 e. The lowest BCUT2D eigenvalue weighted by atomic mass is 9.77. The van der Waals surface area contributed by atoms with Crippen molar-refractivity contribution in [1.82, 2.24) is 0 Å². The van der Waals surface area contributed by atoms with Crippen LogP contribution in [0.2, 0.25) is 0 Å². The molecular formula is C18H29N.